The number of benzene rings is 7. The molecule has 0 aliphatic carbocycles. The van der Waals surface area contributed by atoms with Gasteiger partial charge in [0, 0.05) is 37.6 Å². The van der Waals surface area contributed by atoms with E-state index < -0.39 is 7.12 Å². The number of anilines is 3. The van der Waals surface area contributed by atoms with Crippen LogP contribution in [0.1, 0.15) is 24.3 Å². The van der Waals surface area contributed by atoms with Crippen molar-refractivity contribution < 1.29 is 10.0 Å². The van der Waals surface area contributed by atoms with Crippen LogP contribution in [0.3, 0.4) is 0 Å². The summed E-state index contributed by atoms with van der Waals surface area (Å²) in [6, 6.07) is 46.6. The first-order chi connectivity index (χ1) is 23.9. The van der Waals surface area contributed by atoms with Gasteiger partial charge in [-0.25, -0.2) is 0 Å². The molecule has 2 N–H and O–H groups in total. The van der Waals surface area contributed by atoms with Crippen molar-refractivity contribution >= 4 is 95.5 Å². The lowest BCUT2D eigenvalue weighted by Gasteiger charge is -2.26. The van der Waals surface area contributed by atoms with Crippen LogP contribution in [0.5, 0.6) is 0 Å². The molecule has 3 nitrogen and oxygen atoms in total. The van der Waals surface area contributed by atoms with E-state index in [2.05, 4.69) is 141 Å². The van der Waals surface area contributed by atoms with Crippen LogP contribution < -0.4 is 10.4 Å². The van der Waals surface area contributed by atoms with Gasteiger partial charge in [0.1, 0.15) is 0 Å². The van der Waals surface area contributed by atoms with E-state index in [9.17, 15) is 10.0 Å². The lowest BCUT2D eigenvalue weighted by Crippen LogP contribution is -2.29. The summed E-state index contributed by atoms with van der Waals surface area (Å²) in [4.78, 5) is 3.41. The highest BCUT2D eigenvalue weighted by molar-refractivity contribution is 7.20. The van der Waals surface area contributed by atoms with Crippen LogP contribution in [-0.2, 0) is 0 Å². The number of rotatable bonds is 7. The van der Waals surface area contributed by atoms with E-state index in [0.29, 0.717) is 5.46 Å². The van der Waals surface area contributed by atoms with Gasteiger partial charge in [0.05, 0.1) is 0 Å². The topological polar surface area (TPSA) is 43.7 Å². The number of hydrogen-bond acceptors (Lipinski definition) is 4. The van der Waals surface area contributed by atoms with Crippen molar-refractivity contribution in [1.82, 2.24) is 0 Å². The predicted octanol–water partition coefficient (Wildman–Crippen LogP) is 11.2. The highest BCUT2D eigenvalue weighted by atomic mass is 32.1. The maximum Gasteiger partial charge on any atom is 0.488 e. The Balaban J connectivity index is 1.29. The second kappa shape index (κ2) is 12.5. The van der Waals surface area contributed by atoms with Crippen LogP contribution in [-0.4, -0.2) is 17.2 Å². The lowest BCUT2D eigenvalue weighted by molar-refractivity contribution is 0.426. The van der Waals surface area contributed by atoms with Crippen LogP contribution in [0.25, 0.3) is 65.7 Å². The van der Waals surface area contributed by atoms with Gasteiger partial charge < -0.3 is 14.9 Å². The van der Waals surface area contributed by atoms with Gasteiger partial charge in [-0.15, -0.1) is 11.3 Å². The molecule has 0 aliphatic rings. The van der Waals surface area contributed by atoms with Crippen molar-refractivity contribution in [3.8, 4) is 11.1 Å². The molecular weight excluding hydrogens is 617 g/mol. The number of allylic oxidation sites excluding steroid dienone is 1. The van der Waals surface area contributed by atoms with Gasteiger partial charge in [0.25, 0.3) is 0 Å². The van der Waals surface area contributed by atoms with Crippen molar-refractivity contribution in [3.05, 3.63) is 156 Å². The van der Waals surface area contributed by atoms with E-state index in [-0.39, 0.29) is 0 Å². The third kappa shape index (κ3) is 5.42. The van der Waals surface area contributed by atoms with Gasteiger partial charge in [-0.05, 0) is 99.2 Å². The third-order valence-corrected chi connectivity index (χ3v) is 10.5. The van der Waals surface area contributed by atoms with Crippen LogP contribution >= 0.6 is 11.3 Å². The predicted molar refractivity (Wildman–Crippen MR) is 214 cm³/mol. The Morgan fingerprint density at radius 3 is 1.71 bits per heavy atom. The summed E-state index contributed by atoms with van der Waals surface area (Å²) in [5, 5.41) is 28.2. The molecule has 0 spiro atoms. The van der Waals surface area contributed by atoms with E-state index >= 15 is 0 Å². The average molecular weight is 652 g/mol. The minimum absolute atomic E-state index is 0.449. The van der Waals surface area contributed by atoms with Gasteiger partial charge in [0.15, 0.2) is 0 Å². The van der Waals surface area contributed by atoms with Crippen molar-refractivity contribution in [3.63, 3.8) is 0 Å². The molecule has 1 aromatic heterocycles. The van der Waals surface area contributed by atoms with Crippen LogP contribution in [0.15, 0.2) is 146 Å². The molecule has 236 valence electrons. The fourth-order valence-electron chi connectivity index (χ4n) is 7.04. The van der Waals surface area contributed by atoms with Gasteiger partial charge in [-0.1, -0.05) is 121 Å². The Morgan fingerprint density at radius 1 is 0.612 bits per heavy atom. The van der Waals surface area contributed by atoms with E-state index in [1.807, 2.05) is 18.2 Å². The molecular formula is C44H34BNO2S. The Kier molecular flexibility index (Phi) is 7.89. The molecule has 0 bridgehead atoms. The summed E-state index contributed by atoms with van der Waals surface area (Å²) in [7, 11) is -1.53. The van der Waals surface area contributed by atoms with E-state index in [1.165, 1.54) is 64.0 Å². The lowest BCUT2D eigenvalue weighted by atomic mass is 9.80. The molecule has 0 aliphatic heterocycles. The second-order valence-electron chi connectivity index (χ2n) is 12.7. The minimum Gasteiger partial charge on any atom is -0.423 e. The average Bonchev–Trinajstić information content (AvgIpc) is 3.49. The maximum absolute atomic E-state index is 9.82. The Hall–Kier alpha value is -5.46. The van der Waals surface area contributed by atoms with E-state index in [1.54, 1.807) is 23.5 Å². The van der Waals surface area contributed by atoms with Crippen molar-refractivity contribution in [2.45, 2.75) is 13.8 Å². The highest BCUT2D eigenvalue weighted by Crippen LogP contribution is 2.43. The quantitative estimate of drug-likeness (QED) is 0.133. The zero-order chi connectivity index (χ0) is 33.6. The molecule has 0 radical (unpaired) electrons. The molecule has 7 aromatic carbocycles. The van der Waals surface area contributed by atoms with Crippen LogP contribution in [0.4, 0.5) is 17.1 Å². The van der Waals surface area contributed by atoms with Crippen molar-refractivity contribution in [2.75, 3.05) is 4.90 Å². The summed E-state index contributed by atoms with van der Waals surface area (Å²) in [6.45, 7) is 8.36. The highest BCUT2D eigenvalue weighted by Gasteiger charge is 2.18. The van der Waals surface area contributed by atoms with Crippen LogP contribution in [0.2, 0.25) is 0 Å². The molecule has 0 saturated carbocycles. The molecule has 5 heteroatoms. The molecule has 0 fully saturated rings. The van der Waals surface area contributed by atoms with Crippen molar-refractivity contribution in [2.24, 2.45) is 0 Å². The fourth-order valence-corrected chi connectivity index (χ4v) is 8.21. The van der Waals surface area contributed by atoms with E-state index in [4.69, 9.17) is 0 Å². The summed E-state index contributed by atoms with van der Waals surface area (Å²) >= 11 is 1.78. The van der Waals surface area contributed by atoms with Crippen molar-refractivity contribution in [1.29, 1.82) is 0 Å². The molecule has 1 heterocycles. The maximum atomic E-state index is 9.82. The van der Waals surface area contributed by atoms with Crippen LogP contribution in [0, 0.1) is 0 Å². The number of nitrogens with zero attached hydrogens (tertiary/aromatic N) is 1. The van der Waals surface area contributed by atoms with Gasteiger partial charge in [-0.2, -0.15) is 0 Å². The summed E-state index contributed by atoms with van der Waals surface area (Å²) in [5.41, 5.74) is 8.21. The zero-order valence-electron chi connectivity index (χ0n) is 27.4. The SMILES string of the molecule is C=Cc1sc2c(-c3ccc(N(c4ccc(B(O)O)cc4)c4ccc5c6ccccc6c6ccccc6c5c4)cc3)cccc2c1C=C(C)C. The van der Waals surface area contributed by atoms with E-state index in [0.717, 1.165) is 22.6 Å². The Bertz CT molecular complexity index is 2530. The monoisotopic (exact) mass is 651 g/mol. The molecule has 0 amide bonds. The third-order valence-electron chi connectivity index (χ3n) is 9.27. The number of thiophene rings is 1. The van der Waals surface area contributed by atoms with Gasteiger partial charge in [-0.3, -0.25) is 0 Å². The fraction of sp³-hybridized carbons (Fsp3) is 0.0455. The molecule has 8 rings (SSSR count). The largest absolute Gasteiger partial charge is 0.488 e. The zero-order valence-corrected chi connectivity index (χ0v) is 28.2. The Labute approximate surface area is 290 Å². The summed E-state index contributed by atoms with van der Waals surface area (Å²) in [6.07, 6.45) is 4.21. The first kappa shape index (κ1) is 30.9. The molecule has 0 atom stereocenters. The summed E-state index contributed by atoms with van der Waals surface area (Å²) in [5.74, 6) is 0. The first-order valence-electron chi connectivity index (χ1n) is 16.4. The molecule has 0 unspecified atom stereocenters. The smallest absolute Gasteiger partial charge is 0.423 e. The Morgan fingerprint density at radius 2 is 1.14 bits per heavy atom. The minimum atomic E-state index is -1.53. The first-order valence-corrected chi connectivity index (χ1v) is 17.3. The molecule has 49 heavy (non-hydrogen) atoms. The molecule has 8 aromatic rings. The molecule has 0 saturated heterocycles. The summed E-state index contributed by atoms with van der Waals surface area (Å²) < 4.78 is 1.25. The number of fused-ring (bicyclic) bond motifs is 7. The normalized spacial score (nSPS) is 11.3. The standard InChI is InChI=1S/C44H34BNO2S/c1-4-43-42(26-28(2)3)40-15-9-14-34(44(40)49-43)29-16-20-31(21-17-29)46(32-22-18-30(19-23-32)45(47)48)33-24-25-39-37-12-6-5-10-35(37)36-11-7-8-13-38(36)41(39)27-33/h4-27,47-48H,1H2,2-3H3. The van der Waals surface area contributed by atoms with Gasteiger partial charge >= 0.3 is 7.12 Å². The second-order valence-corrected chi connectivity index (χ2v) is 13.7. The number of hydrogen-bond donors (Lipinski definition) is 2. The van der Waals surface area contributed by atoms with Gasteiger partial charge in [0.2, 0.25) is 0 Å².